The smallest absolute Gasteiger partial charge is 0.260 e. The Kier molecular flexibility index (Phi) is 7.34. The monoisotopic (exact) mass is 480 g/mol. The molecule has 3 heterocycles. The number of piperidine rings is 1. The van der Waals surface area contributed by atoms with E-state index in [1.54, 1.807) is 0 Å². The van der Waals surface area contributed by atoms with Crippen LogP contribution in [0.2, 0.25) is 5.02 Å². The molecule has 2 saturated heterocycles. The predicted molar refractivity (Wildman–Crippen MR) is 123 cm³/mol. The van der Waals surface area contributed by atoms with Crippen molar-refractivity contribution in [1.29, 1.82) is 0 Å². The van der Waals surface area contributed by atoms with Crippen molar-refractivity contribution < 1.29 is 13.2 Å². The second-order valence-corrected chi connectivity index (χ2v) is 10.6. The number of nitrogens with zero attached hydrogens (tertiary/aromatic N) is 4. The number of H-pyrrole nitrogens is 1. The molecular weight excluding hydrogens is 452 g/mol. The molecule has 2 aliphatic rings. The van der Waals surface area contributed by atoms with Crippen LogP contribution in [0, 0.1) is 5.92 Å². The molecule has 0 aliphatic carbocycles. The third-order valence-electron chi connectivity index (χ3n) is 6.12. The summed E-state index contributed by atoms with van der Waals surface area (Å²) in [5.41, 5.74) is 1.14. The number of benzene rings is 1. The van der Waals surface area contributed by atoms with Crippen molar-refractivity contribution in [3.05, 3.63) is 41.8 Å². The van der Waals surface area contributed by atoms with E-state index in [1.165, 1.54) is 16.8 Å². The molecule has 0 radical (unpaired) electrons. The Hall–Kier alpha value is -2.14. The maximum absolute atomic E-state index is 12.7. The Bertz CT molecular complexity index is 1010. The zero-order valence-electron chi connectivity index (χ0n) is 17.9. The summed E-state index contributed by atoms with van der Waals surface area (Å²) in [6.45, 7) is 5.62. The van der Waals surface area contributed by atoms with Gasteiger partial charge >= 0.3 is 0 Å². The minimum atomic E-state index is -3.64. The predicted octanol–water partition coefficient (Wildman–Crippen LogP) is 1.40. The number of piperazine rings is 1. The molecule has 2 fully saturated rings. The summed E-state index contributed by atoms with van der Waals surface area (Å²) < 4.78 is 26.8. The van der Waals surface area contributed by atoms with E-state index in [0.29, 0.717) is 25.9 Å². The molecule has 0 unspecified atom stereocenters. The lowest BCUT2D eigenvalue weighted by Gasteiger charge is -2.36. The molecule has 9 nitrogen and oxygen atoms in total. The average Bonchev–Trinajstić information content (AvgIpc) is 3.36. The minimum absolute atomic E-state index is 0.0653. The highest BCUT2D eigenvalue weighted by molar-refractivity contribution is 7.89. The van der Waals surface area contributed by atoms with Crippen molar-refractivity contribution in [2.45, 2.75) is 17.9 Å². The molecule has 1 aromatic carbocycles. The summed E-state index contributed by atoms with van der Waals surface area (Å²) in [6, 6.07) is 7.90. The van der Waals surface area contributed by atoms with Crippen LogP contribution in [0.5, 0.6) is 0 Å². The second-order valence-electron chi connectivity index (χ2n) is 8.22. The van der Waals surface area contributed by atoms with E-state index >= 15 is 0 Å². The third-order valence-corrected chi connectivity index (χ3v) is 8.14. The molecule has 4 rings (SSSR count). The molecule has 2 aromatic rings. The van der Waals surface area contributed by atoms with Gasteiger partial charge in [0.1, 0.15) is 0 Å². The summed E-state index contributed by atoms with van der Waals surface area (Å²) in [6.07, 6.45) is 4.00. The Morgan fingerprint density at radius 2 is 2.03 bits per heavy atom. The van der Waals surface area contributed by atoms with E-state index < -0.39 is 10.0 Å². The van der Waals surface area contributed by atoms with E-state index in [9.17, 15) is 13.2 Å². The topological polar surface area (TPSA) is 102 Å². The highest BCUT2D eigenvalue weighted by Crippen LogP contribution is 2.23. The van der Waals surface area contributed by atoms with Crippen LogP contribution in [0.3, 0.4) is 0 Å². The number of sulfonamides is 1. The summed E-state index contributed by atoms with van der Waals surface area (Å²) in [5.74, 6) is -0.409. The van der Waals surface area contributed by atoms with Crippen LogP contribution in [0.4, 0.5) is 5.69 Å². The summed E-state index contributed by atoms with van der Waals surface area (Å²) in [4.78, 5) is 23.8. The summed E-state index contributed by atoms with van der Waals surface area (Å²) >= 11 is 6.10. The van der Waals surface area contributed by atoms with E-state index in [2.05, 4.69) is 31.2 Å². The van der Waals surface area contributed by atoms with Crippen molar-refractivity contribution in [2.24, 2.45) is 5.92 Å². The number of nitrogens with one attached hydrogen (secondary N) is 2. The quantitative estimate of drug-likeness (QED) is 0.621. The number of hydrogen-bond donors (Lipinski definition) is 2. The maximum Gasteiger partial charge on any atom is 0.260 e. The lowest BCUT2D eigenvalue weighted by atomic mass is 9.99. The van der Waals surface area contributed by atoms with Crippen molar-refractivity contribution in [3.8, 4) is 0 Å². The van der Waals surface area contributed by atoms with E-state index in [1.807, 2.05) is 18.2 Å². The van der Waals surface area contributed by atoms with E-state index in [-0.39, 0.29) is 23.4 Å². The van der Waals surface area contributed by atoms with Gasteiger partial charge in [-0.2, -0.15) is 4.31 Å². The molecular formula is C21H29ClN6O3S. The molecule has 1 amide bonds. The fraction of sp³-hybridized carbons (Fsp3) is 0.524. The van der Waals surface area contributed by atoms with Crippen molar-refractivity contribution >= 4 is 33.2 Å². The fourth-order valence-corrected chi connectivity index (χ4v) is 5.89. The van der Waals surface area contributed by atoms with Gasteiger partial charge in [0, 0.05) is 63.1 Å². The van der Waals surface area contributed by atoms with Gasteiger partial charge < -0.3 is 15.2 Å². The van der Waals surface area contributed by atoms with Gasteiger partial charge in [-0.25, -0.2) is 13.4 Å². The number of aromatic amines is 1. The van der Waals surface area contributed by atoms with Gasteiger partial charge in [0.15, 0.2) is 5.03 Å². The molecule has 2 N–H and O–H groups in total. The molecule has 32 heavy (non-hydrogen) atoms. The van der Waals surface area contributed by atoms with Gasteiger partial charge in [-0.1, -0.05) is 17.7 Å². The van der Waals surface area contributed by atoms with Gasteiger partial charge in [0.05, 0.1) is 18.4 Å². The molecule has 1 atom stereocenters. The lowest BCUT2D eigenvalue weighted by Crippen LogP contribution is -2.50. The minimum Gasteiger partial charge on any atom is -0.369 e. The Labute approximate surface area is 193 Å². The zero-order valence-corrected chi connectivity index (χ0v) is 19.5. The molecule has 0 bridgehead atoms. The summed E-state index contributed by atoms with van der Waals surface area (Å²) in [7, 11) is -3.64. The Morgan fingerprint density at radius 1 is 1.22 bits per heavy atom. The first kappa shape index (κ1) is 23.0. The lowest BCUT2D eigenvalue weighted by molar-refractivity contribution is -0.126. The third kappa shape index (κ3) is 5.43. The highest BCUT2D eigenvalue weighted by atomic mass is 35.5. The molecule has 0 saturated carbocycles. The van der Waals surface area contributed by atoms with Crippen molar-refractivity contribution in [3.63, 3.8) is 0 Å². The van der Waals surface area contributed by atoms with Crippen LogP contribution in [-0.4, -0.2) is 85.9 Å². The number of anilines is 1. The normalized spacial score (nSPS) is 20.9. The number of aromatic nitrogens is 2. The van der Waals surface area contributed by atoms with Crippen LogP contribution in [0.25, 0.3) is 0 Å². The van der Waals surface area contributed by atoms with Gasteiger partial charge in [-0.15, -0.1) is 0 Å². The molecule has 11 heteroatoms. The zero-order chi connectivity index (χ0) is 22.6. The first-order chi connectivity index (χ1) is 15.4. The molecule has 0 spiro atoms. The Morgan fingerprint density at radius 3 is 2.75 bits per heavy atom. The van der Waals surface area contributed by atoms with Crippen LogP contribution in [-0.2, 0) is 14.8 Å². The second kappa shape index (κ2) is 10.2. The van der Waals surface area contributed by atoms with Crippen LogP contribution >= 0.6 is 11.6 Å². The molecule has 2 aliphatic heterocycles. The van der Waals surface area contributed by atoms with Gasteiger partial charge in [0.25, 0.3) is 10.0 Å². The number of imidazole rings is 1. The van der Waals surface area contributed by atoms with Gasteiger partial charge in [0.2, 0.25) is 5.91 Å². The van der Waals surface area contributed by atoms with Crippen LogP contribution < -0.4 is 10.2 Å². The van der Waals surface area contributed by atoms with Crippen molar-refractivity contribution in [1.82, 2.24) is 24.5 Å². The molecule has 174 valence electrons. The number of halogens is 1. The SMILES string of the molecule is O=C(NCCN1CCN(c2cccc(Cl)c2)CC1)[C@H]1CCCN(S(=O)(=O)c2cnc[nH]2)C1. The number of amides is 1. The first-order valence-electron chi connectivity index (χ1n) is 10.9. The maximum atomic E-state index is 12.7. The highest BCUT2D eigenvalue weighted by Gasteiger charge is 2.34. The van der Waals surface area contributed by atoms with Crippen LogP contribution in [0.1, 0.15) is 12.8 Å². The van der Waals surface area contributed by atoms with Crippen molar-refractivity contribution in [2.75, 3.05) is 57.3 Å². The van der Waals surface area contributed by atoms with Crippen LogP contribution in [0.15, 0.2) is 41.8 Å². The van der Waals surface area contributed by atoms with Gasteiger partial charge in [-0.3, -0.25) is 9.69 Å². The van der Waals surface area contributed by atoms with E-state index in [4.69, 9.17) is 11.6 Å². The standard InChI is InChI=1S/C21H29ClN6O3S/c22-18-4-1-5-19(13-18)27-11-9-26(10-12-27)8-6-24-21(29)17-3-2-7-28(15-17)32(30,31)20-14-23-16-25-20/h1,4-5,13-14,16-17H,2-3,6-12,15H2,(H,23,25)(H,24,29)/t17-/m0/s1. The van der Waals surface area contributed by atoms with Gasteiger partial charge in [-0.05, 0) is 31.0 Å². The number of carbonyl (C=O) groups excluding carboxylic acids is 1. The largest absolute Gasteiger partial charge is 0.369 e. The first-order valence-corrected chi connectivity index (χ1v) is 12.7. The fourth-order valence-electron chi connectivity index (χ4n) is 4.28. The summed E-state index contributed by atoms with van der Waals surface area (Å²) in [5, 5.41) is 3.81. The number of rotatable bonds is 7. The number of hydrogen-bond acceptors (Lipinski definition) is 6. The van der Waals surface area contributed by atoms with E-state index in [0.717, 1.165) is 43.4 Å². The molecule has 1 aromatic heterocycles. The Balaban J connectivity index is 1.21. The average molecular weight is 481 g/mol. The number of carbonyl (C=O) groups is 1.